The van der Waals surface area contributed by atoms with Gasteiger partial charge < -0.3 is 9.47 Å². The van der Waals surface area contributed by atoms with E-state index in [1.807, 2.05) is 18.2 Å². The molecule has 110 valence electrons. The van der Waals surface area contributed by atoms with Gasteiger partial charge in [-0.05, 0) is 18.2 Å². The summed E-state index contributed by atoms with van der Waals surface area (Å²) in [7, 11) is 1.29. The first-order valence-corrected chi connectivity index (χ1v) is 6.46. The lowest BCUT2D eigenvalue weighted by atomic mass is 10.3. The first kappa shape index (κ1) is 13.7. The number of aromatic nitrogens is 4. The summed E-state index contributed by atoms with van der Waals surface area (Å²) < 4.78 is 10.4. The number of ether oxygens (including phenoxy) is 2. The molecule has 3 aromatic rings. The number of para-hydroxylation sites is 1. The fourth-order valence-electron chi connectivity index (χ4n) is 1.80. The van der Waals surface area contributed by atoms with E-state index in [1.165, 1.54) is 13.3 Å². The summed E-state index contributed by atoms with van der Waals surface area (Å²) >= 11 is 0. The molecule has 0 saturated carbocycles. The van der Waals surface area contributed by atoms with E-state index in [0.29, 0.717) is 17.3 Å². The predicted molar refractivity (Wildman–Crippen MR) is 77.5 cm³/mol. The molecule has 2 heterocycles. The van der Waals surface area contributed by atoms with Crippen LogP contribution >= 0.6 is 0 Å². The minimum Gasteiger partial charge on any atom is -0.465 e. The third kappa shape index (κ3) is 2.78. The number of carbonyl (C=O) groups excluding carboxylic acids is 1. The third-order valence-corrected chi connectivity index (χ3v) is 2.86. The van der Waals surface area contributed by atoms with E-state index in [9.17, 15) is 4.79 Å². The number of carbonyl (C=O) groups is 1. The van der Waals surface area contributed by atoms with Gasteiger partial charge in [-0.2, -0.15) is 10.1 Å². The quantitative estimate of drug-likeness (QED) is 0.744. The Morgan fingerprint density at radius 2 is 2.00 bits per heavy atom. The summed E-state index contributed by atoms with van der Waals surface area (Å²) in [5.74, 6) is 0.484. The van der Waals surface area contributed by atoms with Crippen LogP contribution in [0.25, 0.3) is 11.5 Å². The maximum atomic E-state index is 11.8. The van der Waals surface area contributed by atoms with E-state index >= 15 is 0 Å². The maximum Gasteiger partial charge on any atom is 0.345 e. The standard InChI is InChI=1S/C15H12N4O3/c1-21-15(20)11-9-16-13(12-7-8-17-19-12)18-14(11)22-10-5-3-2-4-6-10/h2-9H,1H3,(H,17,19). The number of H-pyrrole nitrogens is 1. The van der Waals surface area contributed by atoms with Gasteiger partial charge in [-0.25, -0.2) is 9.78 Å². The molecule has 0 atom stereocenters. The molecular formula is C15H12N4O3. The van der Waals surface area contributed by atoms with Crippen molar-refractivity contribution in [2.45, 2.75) is 0 Å². The van der Waals surface area contributed by atoms with Gasteiger partial charge in [-0.3, -0.25) is 5.10 Å². The van der Waals surface area contributed by atoms with E-state index in [1.54, 1.807) is 24.4 Å². The Balaban J connectivity index is 2.03. The van der Waals surface area contributed by atoms with Crippen molar-refractivity contribution in [3.63, 3.8) is 0 Å². The fraction of sp³-hybridized carbons (Fsp3) is 0.0667. The van der Waals surface area contributed by atoms with E-state index in [4.69, 9.17) is 9.47 Å². The lowest BCUT2D eigenvalue weighted by Gasteiger charge is -2.09. The summed E-state index contributed by atoms with van der Waals surface area (Å²) in [6.07, 6.45) is 2.96. The van der Waals surface area contributed by atoms with Gasteiger partial charge in [0.2, 0.25) is 5.88 Å². The molecule has 0 amide bonds. The Kier molecular flexibility index (Phi) is 3.78. The van der Waals surface area contributed by atoms with Crippen LogP contribution in [0.5, 0.6) is 11.6 Å². The van der Waals surface area contributed by atoms with Crippen LogP contribution in [0.4, 0.5) is 0 Å². The number of rotatable bonds is 4. The third-order valence-electron chi connectivity index (χ3n) is 2.86. The minimum atomic E-state index is -0.568. The first-order valence-electron chi connectivity index (χ1n) is 6.46. The van der Waals surface area contributed by atoms with Crippen molar-refractivity contribution >= 4 is 5.97 Å². The molecule has 1 N–H and O–H groups in total. The Morgan fingerprint density at radius 3 is 2.68 bits per heavy atom. The summed E-state index contributed by atoms with van der Waals surface area (Å²) in [5, 5.41) is 6.61. The highest BCUT2D eigenvalue weighted by Crippen LogP contribution is 2.25. The molecule has 22 heavy (non-hydrogen) atoms. The summed E-state index contributed by atoms with van der Waals surface area (Å²) in [6.45, 7) is 0. The van der Waals surface area contributed by atoms with Crippen molar-refractivity contribution < 1.29 is 14.3 Å². The second-order valence-electron chi connectivity index (χ2n) is 4.29. The van der Waals surface area contributed by atoms with Gasteiger partial charge in [-0.15, -0.1) is 0 Å². The zero-order valence-electron chi connectivity index (χ0n) is 11.7. The number of hydrogen-bond donors (Lipinski definition) is 1. The molecule has 7 nitrogen and oxygen atoms in total. The zero-order valence-corrected chi connectivity index (χ0v) is 11.7. The molecule has 0 saturated heterocycles. The van der Waals surface area contributed by atoms with Crippen LogP contribution in [-0.2, 0) is 4.74 Å². The van der Waals surface area contributed by atoms with E-state index in [-0.39, 0.29) is 11.4 Å². The molecule has 2 aromatic heterocycles. The van der Waals surface area contributed by atoms with Crippen molar-refractivity contribution in [3.05, 3.63) is 54.4 Å². The number of benzene rings is 1. The molecule has 0 aliphatic rings. The second kappa shape index (κ2) is 6.04. The van der Waals surface area contributed by atoms with Crippen LogP contribution in [-0.4, -0.2) is 33.2 Å². The molecule has 1 aromatic carbocycles. The average Bonchev–Trinajstić information content (AvgIpc) is 3.09. The molecular weight excluding hydrogens is 284 g/mol. The zero-order chi connectivity index (χ0) is 15.4. The lowest BCUT2D eigenvalue weighted by molar-refractivity contribution is 0.0596. The summed E-state index contributed by atoms with van der Waals surface area (Å²) in [6, 6.07) is 10.8. The number of methoxy groups -OCH3 is 1. The van der Waals surface area contributed by atoms with E-state index in [2.05, 4.69) is 20.2 Å². The van der Waals surface area contributed by atoms with Crippen molar-refractivity contribution in [2.75, 3.05) is 7.11 Å². The van der Waals surface area contributed by atoms with Crippen molar-refractivity contribution in [1.29, 1.82) is 0 Å². The first-order chi connectivity index (χ1) is 10.8. The van der Waals surface area contributed by atoms with Crippen LogP contribution in [0.3, 0.4) is 0 Å². The fourth-order valence-corrected chi connectivity index (χ4v) is 1.80. The minimum absolute atomic E-state index is 0.123. The Labute approximate surface area is 126 Å². The molecule has 3 rings (SSSR count). The highest BCUT2D eigenvalue weighted by Gasteiger charge is 2.18. The lowest BCUT2D eigenvalue weighted by Crippen LogP contribution is -2.07. The largest absolute Gasteiger partial charge is 0.465 e. The van der Waals surface area contributed by atoms with Crippen molar-refractivity contribution in [2.24, 2.45) is 0 Å². The Bertz CT molecular complexity index is 773. The van der Waals surface area contributed by atoms with Gasteiger partial charge in [0.15, 0.2) is 5.82 Å². The summed E-state index contributed by atoms with van der Waals surface area (Å²) in [5.41, 5.74) is 0.768. The van der Waals surface area contributed by atoms with Crippen LogP contribution in [0, 0.1) is 0 Å². The van der Waals surface area contributed by atoms with Crippen LogP contribution in [0.2, 0.25) is 0 Å². The molecule has 0 unspecified atom stereocenters. The van der Waals surface area contributed by atoms with Gasteiger partial charge >= 0.3 is 5.97 Å². The highest BCUT2D eigenvalue weighted by molar-refractivity contribution is 5.91. The van der Waals surface area contributed by atoms with E-state index in [0.717, 1.165) is 0 Å². The smallest absolute Gasteiger partial charge is 0.345 e. The number of esters is 1. The van der Waals surface area contributed by atoms with Gasteiger partial charge in [0.05, 0.1) is 7.11 Å². The maximum absolute atomic E-state index is 11.8. The van der Waals surface area contributed by atoms with Gasteiger partial charge in [0.1, 0.15) is 17.0 Å². The molecule has 0 bridgehead atoms. The Hall–Kier alpha value is -3.22. The molecule has 0 radical (unpaired) electrons. The molecule has 0 aliphatic carbocycles. The molecule has 0 fully saturated rings. The average molecular weight is 296 g/mol. The SMILES string of the molecule is COC(=O)c1cnc(-c2ccn[nH]2)nc1Oc1ccccc1. The van der Waals surface area contributed by atoms with Gasteiger partial charge in [0, 0.05) is 12.4 Å². The van der Waals surface area contributed by atoms with Crippen LogP contribution in [0.15, 0.2) is 48.8 Å². The highest BCUT2D eigenvalue weighted by atomic mass is 16.5. The van der Waals surface area contributed by atoms with Crippen LogP contribution < -0.4 is 4.74 Å². The predicted octanol–water partition coefficient (Wildman–Crippen LogP) is 2.45. The van der Waals surface area contributed by atoms with Crippen LogP contribution in [0.1, 0.15) is 10.4 Å². The Morgan fingerprint density at radius 1 is 1.18 bits per heavy atom. The second-order valence-corrected chi connectivity index (χ2v) is 4.29. The number of hydrogen-bond acceptors (Lipinski definition) is 6. The van der Waals surface area contributed by atoms with Crippen molar-refractivity contribution in [1.82, 2.24) is 20.2 Å². The number of nitrogens with one attached hydrogen (secondary N) is 1. The topological polar surface area (TPSA) is 90.0 Å². The molecule has 0 spiro atoms. The van der Waals surface area contributed by atoms with Crippen molar-refractivity contribution in [3.8, 4) is 23.1 Å². The molecule has 7 heteroatoms. The number of nitrogens with zero attached hydrogens (tertiary/aromatic N) is 3. The normalized spacial score (nSPS) is 10.2. The van der Waals surface area contributed by atoms with Gasteiger partial charge in [-0.1, -0.05) is 18.2 Å². The van der Waals surface area contributed by atoms with Gasteiger partial charge in [0.25, 0.3) is 0 Å². The van der Waals surface area contributed by atoms with E-state index < -0.39 is 5.97 Å². The molecule has 0 aliphatic heterocycles. The number of aromatic amines is 1. The monoisotopic (exact) mass is 296 g/mol. The summed E-state index contributed by atoms with van der Waals surface area (Å²) in [4.78, 5) is 20.2.